The molecule has 4 aromatic carbocycles. The first kappa shape index (κ1) is 23.0. The van der Waals surface area contributed by atoms with Crippen molar-refractivity contribution in [3.8, 4) is 11.1 Å². The van der Waals surface area contributed by atoms with E-state index in [1.165, 1.54) is 5.56 Å². The third kappa shape index (κ3) is 4.50. The summed E-state index contributed by atoms with van der Waals surface area (Å²) in [5, 5.41) is 13.1. The highest BCUT2D eigenvalue weighted by Crippen LogP contribution is 2.42. The van der Waals surface area contributed by atoms with Gasteiger partial charge in [-0.3, -0.25) is 4.79 Å². The Bertz CT molecular complexity index is 1250. The van der Waals surface area contributed by atoms with Gasteiger partial charge in [0.2, 0.25) is 0 Å². The zero-order valence-corrected chi connectivity index (χ0v) is 19.8. The topological polar surface area (TPSA) is 37.3 Å². The van der Waals surface area contributed by atoms with Gasteiger partial charge in [0.15, 0.2) is 0 Å². The number of benzene rings is 4. The molecule has 0 bridgehead atoms. The second-order valence-electron chi connectivity index (χ2n) is 9.33. The number of hydrogen-bond acceptors (Lipinski definition) is 2. The van der Waals surface area contributed by atoms with Crippen LogP contribution in [-0.2, 0) is 11.0 Å². The minimum absolute atomic E-state index is 0.00344. The van der Waals surface area contributed by atoms with Gasteiger partial charge in [-0.15, -0.1) is 0 Å². The Kier molecular flexibility index (Phi) is 6.25. The summed E-state index contributed by atoms with van der Waals surface area (Å²) >= 11 is 6.12. The van der Waals surface area contributed by atoms with E-state index in [4.69, 9.17) is 11.6 Å². The number of halogens is 1. The second-order valence-corrected chi connectivity index (χ2v) is 9.77. The highest BCUT2D eigenvalue weighted by atomic mass is 35.5. The Balaban J connectivity index is 1.96. The van der Waals surface area contributed by atoms with Crippen molar-refractivity contribution in [1.29, 1.82) is 0 Å². The van der Waals surface area contributed by atoms with Crippen molar-refractivity contribution in [2.24, 2.45) is 0 Å². The monoisotopic (exact) mass is 454 g/mol. The van der Waals surface area contributed by atoms with Crippen molar-refractivity contribution >= 4 is 17.9 Å². The number of aldehydes is 1. The number of aliphatic hydroxyl groups is 1. The van der Waals surface area contributed by atoms with E-state index in [-0.39, 0.29) is 5.41 Å². The molecule has 3 heteroatoms. The van der Waals surface area contributed by atoms with E-state index in [1.807, 2.05) is 72.8 Å². The maximum Gasteiger partial charge on any atom is 0.150 e. The molecule has 166 valence electrons. The standard InChI is InChI=1S/C30H27ClO2/c1-29(2,3)23-14-16-25(17-15-23)30(33,24-12-8-21(20-32)9-13-24)28-7-5-4-6-27(28)22-10-18-26(31)19-11-22/h4-20,33H,1-3H3. The fourth-order valence-electron chi connectivity index (χ4n) is 4.17. The number of hydrogen-bond donors (Lipinski definition) is 1. The van der Waals surface area contributed by atoms with Gasteiger partial charge in [0.05, 0.1) is 0 Å². The smallest absolute Gasteiger partial charge is 0.150 e. The number of rotatable bonds is 5. The second kappa shape index (κ2) is 8.97. The van der Waals surface area contributed by atoms with E-state index in [0.29, 0.717) is 16.1 Å². The quantitative estimate of drug-likeness (QED) is 0.252. The summed E-state index contributed by atoms with van der Waals surface area (Å²) in [5.74, 6) is 0. The van der Waals surface area contributed by atoms with Gasteiger partial charge in [0.25, 0.3) is 0 Å². The van der Waals surface area contributed by atoms with Gasteiger partial charge in [-0.05, 0) is 45.4 Å². The summed E-state index contributed by atoms with van der Waals surface area (Å²) < 4.78 is 0. The first-order valence-electron chi connectivity index (χ1n) is 11.0. The van der Waals surface area contributed by atoms with E-state index in [0.717, 1.165) is 28.5 Å². The molecule has 4 aromatic rings. The van der Waals surface area contributed by atoms with Crippen LogP contribution in [0.2, 0.25) is 5.02 Å². The molecule has 1 N–H and O–H groups in total. The molecule has 0 saturated carbocycles. The highest BCUT2D eigenvalue weighted by Gasteiger charge is 2.36. The Morgan fingerprint density at radius 1 is 0.697 bits per heavy atom. The van der Waals surface area contributed by atoms with Crippen molar-refractivity contribution in [2.75, 3.05) is 0 Å². The van der Waals surface area contributed by atoms with Crippen LogP contribution in [0.25, 0.3) is 11.1 Å². The predicted octanol–water partition coefficient (Wildman–Crippen LogP) is 7.40. The van der Waals surface area contributed by atoms with Gasteiger partial charge in [-0.2, -0.15) is 0 Å². The molecule has 0 aliphatic carbocycles. The van der Waals surface area contributed by atoms with Crippen LogP contribution in [0.4, 0.5) is 0 Å². The lowest BCUT2D eigenvalue weighted by atomic mass is 9.76. The first-order valence-corrected chi connectivity index (χ1v) is 11.4. The molecule has 33 heavy (non-hydrogen) atoms. The lowest BCUT2D eigenvalue weighted by molar-refractivity contribution is 0.112. The van der Waals surface area contributed by atoms with Gasteiger partial charge in [0, 0.05) is 16.1 Å². The summed E-state index contributed by atoms with van der Waals surface area (Å²) in [6.07, 6.45) is 0.808. The fourth-order valence-corrected chi connectivity index (χ4v) is 4.30. The third-order valence-corrected chi connectivity index (χ3v) is 6.36. The van der Waals surface area contributed by atoms with Crippen LogP contribution < -0.4 is 0 Å². The van der Waals surface area contributed by atoms with E-state index in [9.17, 15) is 9.90 Å². The summed E-state index contributed by atoms with van der Waals surface area (Å²) in [7, 11) is 0. The molecule has 1 unspecified atom stereocenters. The molecule has 1 atom stereocenters. The van der Waals surface area contributed by atoms with Gasteiger partial charge in [-0.25, -0.2) is 0 Å². The largest absolute Gasteiger partial charge is 0.376 e. The molecule has 0 spiro atoms. The van der Waals surface area contributed by atoms with Crippen LogP contribution in [0, 0.1) is 0 Å². The van der Waals surface area contributed by atoms with E-state index in [1.54, 1.807) is 12.1 Å². The normalized spacial score (nSPS) is 13.4. The summed E-state index contributed by atoms with van der Waals surface area (Å²) in [5.41, 5.74) is 4.42. The molecule has 4 rings (SSSR count). The first-order chi connectivity index (χ1) is 15.7. The SMILES string of the molecule is CC(C)(C)c1ccc(C(O)(c2ccc(C=O)cc2)c2ccccc2-c2ccc(Cl)cc2)cc1. The lowest BCUT2D eigenvalue weighted by Crippen LogP contribution is -2.30. The molecule has 0 aromatic heterocycles. The van der Waals surface area contributed by atoms with Crippen LogP contribution in [0.15, 0.2) is 97.1 Å². The summed E-state index contributed by atoms with van der Waals surface area (Å²) in [4.78, 5) is 11.2. The van der Waals surface area contributed by atoms with Crippen LogP contribution in [0.1, 0.15) is 53.4 Å². The average molecular weight is 455 g/mol. The Labute approximate surface area is 200 Å². The molecule has 0 amide bonds. The number of carbonyl (C=O) groups excluding carboxylic acids is 1. The van der Waals surface area contributed by atoms with Crippen LogP contribution in [0.3, 0.4) is 0 Å². The zero-order chi connectivity index (χ0) is 23.6. The molecule has 0 aliphatic rings. The third-order valence-electron chi connectivity index (χ3n) is 6.11. The summed E-state index contributed by atoms with van der Waals surface area (Å²) in [6.45, 7) is 6.51. The average Bonchev–Trinajstić information content (AvgIpc) is 2.84. The molecule has 0 fully saturated rings. The molecule has 0 radical (unpaired) electrons. The predicted molar refractivity (Wildman–Crippen MR) is 136 cm³/mol. The minimum atomic E-state index is -1.42. The summed E-state index contributed by atoms with van der Waals surface area (Å²) in [6, 6.07) is 30.7. The van der Waals surface area contributed by atoms with Gasteiger partial charge < -0.3 is 5.11 Å². The maximum absolute atomic E-state index is 12.5. The van der Waals surface area contributed by atoms with Crippen molar-refractivity contribution < 1.29 is 9.90 Å². The molecule has 0 saturated heterocycles. The molecule has 0 heterocycles. The van der Waals surface area contributed by atoms with Crippen molar-refractivity contribution in [1.82, 2.24) is 0 Å². The minimum Gasteiger partial charge on any atom is -0.376 e. The van der Waals surface area contributed by atoms with Crippen molar-refractivity contribution in [3.63, 3.8) is 0 Å². The van der Waals surface area contributed by atoms with E-state index < -0.39 is 5.60 Å². The maximum atomic E-state index is 12.5. The van der Waals surface area contributed by atoms with Gasteiger partial charge in [0.1, 0.15) is 11.9 Å². The van der Waals surface area contributed by atoms with E-state index >= 15 is 0 Å². The lowest BCUT2D eigenvalue weighted by Gasteiger charge is -2.33. The van der Waals surface area contributed by atoms with Crippen LogP contribution >= 0.6 is 11.6 Å². The van der Waals surface area contributed by atoms with E-state index in [2.05, 4.69) is 32.9 Å². The van der Waals surface area contributed by atoms with Crippen molar-refractivity contribution in [3.05, 3.63) is 130 Å². The zero-order valence-electron chi connectivity index (χ0n) is 19.0. The van der Waals surface area contributed by atoms with Gasteiger partial charge >= 0.3 is 0 Å². The Morgan fingerprint density at radius 2 is 1.21 bits per heavy atom. The van der Waals surface area contributed by atoms with Crippen molar-refractivity contribution in [2.45, 2.75) is 31.8 Å². The Hall–Kier alpha value is -3.20. The molecule has 2 nitrogen and oxygen atoms in total. The molecular formula is C30H27ClO2. The molecular weight excluding hydrogens is 428 g/mol. The van der Waals surface area contributed by atoms with Crippen LogP contribution in [-0.4, -0.2) is 11.4 Å². The Morgan fingerprint density at radius 3 is 1.76 bits per heavy atom. The molecule has 0 aliphatic heterocycles. The highest BCUT2D eigenvalue weighted by molar-refractivity contribution is 6.30. The number of carbonyl (C=O) groups is 1. The fraction of sp³-hybridized carbons (Fsp3) is 0.167. The van der Waals surface area contributed by atoms with Crippen LogP contribution in [0.5, 0.6) is 0 Å². The van der Waals surface area contributed by atoms with Gasteiger partial charge in [-0.1, -0.05) is 117 Å².